The van der Waals surface area contributed by atoms with Crippen molar-refractivity contribution < 1.29 is 19.3 Å². The fourth-order valence-electron chi connectivity index (χ4n) is 3.51. The fraction of sp³-hybridized carbons (Fsp3) is 0.182. The van der Waals surface area contributed by atoms with Crippen LogP contribution in [-0.4, -0.2) is 31.0 Å². The van der Waals surface area contributed by atoms with E-state index in [2.05, 4.69) is 4.57 Å². The minimum atomic E-state index is 0.226. The molecule has 0 amide bonds. The van der Waals surface area contributed by atoms with Gasteiger partial charge in [-0.2, -0.15) is 0 Å². The Balaban J connectivity index is 1.98. The number of methoxy groups -OCH3 is 3. The average molecular weight is 363 g/mol. The molecular formula is C22H21NO4. The van der Waals surface area contributed by atoms with Crippen LogP contribution in [0, 0.1) is 0 Å². The average Bonchev–Trinajstić information content (AvgIpc) is 3.00. The number of rotatable bonds is 5. The Bertz CT molecular complexity index is 1110. The number of phenolic OH excluding ortho intramolecular Hbond substituents is 1. The van der Waals surface area contributed by atoms with E-state index in [0.29, 0.717) is 12.3 Å². The van der Waals surface area contributed by atoms with Crippen molar-refractivity contribution in [2.24, 2.45) is 0 Å². The van der Waals surface area contributed by atoms with E-state index in [9.17, 15) is 5.11 Å². The first-order chi connectivity index (χ1) is 13.1. The lowest BCUT2D eigenvalue weighted by atomic mass is 10.1. The number of benzene rings is 3. The number of aromatic hydroxyl groups is 1. The largest absolute Gasteiger partial charge is 0.508 e. The Morgan fingerprint density at radius 2 is 1.52 bits per heavy atom. The minimum absolute atomic E-state index is 0.226. The molecule has 0 spiro atoms. The lowest BCUT2D eigenvalue weighted by Gasteiger charge is -2.11. The second-order valence-electron chi connectivity index (χ2n) is 6.36. The molecule has 4 aromatic rings. The molecule has 0 atom stereocenters. The summed E-state index contributed by atoms with van der Waals surface area (Å²) >= 11 is 0. The summed E-state index contributed by atoms with van der Waals surface area (Å²) in [5.74, 6) is 2.49. The van der Waals surface area contributed by atoms with Crippen LogP contribution in [0.1, 0.15) is 5.56 Å². The standard InChI is InChI=1S/C22H21NO4/c1-25-16-7-4-14(5-8-16)13-23-19-9-6-15(24)10-18(19)22-20(23)11-17(26-2)12-21(22)27-3/h4-12,24H,13H2,1-3H3. The summed E-state index contributed by atoms with van der Waals surface area (Å²) in [6, 6.07) is 17.3. The van der Waals surface area contributed by atoms with Crippen LogP contribution in [0.4, 0.5) is 0 Å². The number of ether oxygens (including phenoxy) is 3. The highest BCUT2D eigenvalue weighted by molar-refractivity contribution is 6.12. The predicted octanol–water partition coefficient (Wildman–Crippen LogP) is 4.57. The molecule has 0 aliphatic rings. The van der Waals surface area contributed by atoms with Gasteiger partial charge in [-0.25, -0.2) is 0 Å². The molecular weight excluding hydrogens is 342 g/mol. The van der Waals surface area contributed by atoms with E-state index in [0.717, 1.165) is 38.9 Å². The third kappa shape index (κ3) is 2.91. The van der Waals surface area contributed by atoms with E-state index in [1.165, 1.54) is 0 Å². The Labute approximate surface area is 157 Å². The van der Waals surface area contributed by atoms with Crippen LogP contribution >= 0.6 is 0 Å². The summed E-state index contributed by atoms with van der Waals surface area (Å²) in [4.78, 5) is 0. The monoisotopic (exact) mass is 363 g/mol. The second kappa shape index (κ2) is 6.76. The van der Waals surface area contributed by atoms with Gasteiger partial charge in [-0.3, -0.25) is 0 Å². The molecule has 3 aromatic carbocycles. The summed E-state index contributed by atoms with van der Waals surface area (Å²) in [6.07, 6.45) is 0. The van der Waals surface area contributed by atoms with Crippen molar-refractivity contribution in [1.82, 2.24) is 4.57 Å². The van der Waals surface area contributed by atoms with Gasteiger partial charge in [0.25, 0.3) is 0 Å². The fourth-order valence-corrected chi connectivity index (χ4v) is 3.51. The third-order valence-electron chi connectivity index (χ3n) is 4.84. The van der Waals surface area contributed by atoms with Crippen LogP contribution in [0.15, 0.2) is 54.6 Å². The van der Waals surface area contributed by atoms with Gasteiger partial charge < -0.3 is 23.9 Å². The predicted molar refractivity (Wildman–Crippen MR) is 106 cm³/mol. The highest BCUT2D eigenvalue weighted by Gasteiger charge is 2.17. The van der Waals surface area contributed by atoms with E-state index in [-0.39, 0.29) is 5.75 Å². The van der Waals surface area contributed by atoms with Gasteiger partial charge in [0, 0.05) is 35.0 Å². The Morgan fingerprint density at radius 3 is 2.19 bits per heavy atom. The van der Waals surface area contributed by atoms with Crippen LogP contribution in [0.25, 0.3) is 21.8 Å². The molecule has 138 valence electrons. The van der Waals surface area contributed by atoms with Crippen molar-refractivity contribution in [3.05, 3.63) is 60.2 Å². The van der Waals surface area contributed by atoms with Crippen LogP contribution < -0.4 is 14.2 Å². The summed E-state index contributed by atoms with van der Waals surface area (Å²) in [7, 11) is 4.94. The van der Waals surface area contributed by atoms with Crippen molar-refractivity contribution in [2.45, 2.75) is 6.54 Å². The summed E-state index contributed by atoms with van der Waals surface area (Å²) in [5.41, 5.74) is 3.15. The smallest absolute Gasteiger partial charge is 0.132 e. The molecule has 5 nitrogen and oxygen atoms in total. The van der Waals surface area contributed by atoms with E-state index in [4.69, 9.17) is 14.2 Å². The number of nitrogens with zero attached hydrogens (tertiary/aromatic N) is 1. The topological polar surface area (TPSA) is 52.9 Å². The van der Waals surface area contributed by atoms with Crippen LogP contribution in [0.3, 0.4) is 0 Å². The quantitative estimate of drug-likeness (QED) is 0.564. The van der Waals surface area contributed by atoms with Gasteiger partial charge in [0.05, 0.1) is 26.8 Å². The van der Waals surface area contributed by atoms with Crippen molar-refractivity contribution in [2.75, 3.05) is 21.3 Å². The molecule has 0 unspecified atom stereocenters. The minimum Gasteiger partial charge on any atom is -0.508 e. The van der Waals surface area contributed by atoms with E-state index >= 15 is 0 Å². The molecule has 0 aliphatic heterocycles. The van der Waals surface area contributed by atoms with Gasteiger partial charge >= 0.3 is 0 Å². The maximum Gasteiger partial charge on any atom is 0.132 e. The molecule has 27 heavy (non-hydrogen) atoms. The lowest BCUT2D eigenvalue weighted by Crippen LogP contribution is -2.00. The molecule has 1 aromatic heterocycles. The van der Waals surface area contributed by atoms with Crippen LogP contribution in [0.5, 0.6) is 23.0 Å². The highest BCUT2D eigenvalue weighted by atomic mass is 16.5. The Hall–Kier alpha value is -3.34. The zero-order valence-corrected chi connectivity index (χ0v) is 15.5. The molecule has 4 rings (SSSR count). The molecule has 0 saturated carbocycles. The number of hydrogen-bond acceptors (Lipinski definition) is 4. The molecule has 0 aliphatic carbocycles. The van der Waals surface area contributed by atoms with Gasteiger partial charge in [-0.1, -0.05) is 12.1 Å². The van der Waals surface area contributed by atoms with Crippen molar-refractivity contribution in [3.63, 3.8) is 0 Å². The summed E-state index contributed by atoms with van der Waals surface area (Å²) in [6.45, 7) is 0.672. The molecule has 0 saturated heterocycles. The number of hydrogen-bond donors (Lipinski definition) is 1. The number of aromatic nitrogens is 1. The Kier molecular flexibility index (Phi) is 4.28. The first-order valence-electron chi connectivity index (χ1n) is 8.64. The van der Waals surface area contributed by atoms with E-state index in [1.54, 1.807) is 33.5 Å². The molecule has 5 heteroatoms. The highest BCUT2D eigenvalue weighted by Crippen LogP contribution is 2.40. The van der Waals surface area contributed by atoms with E-state index < -0.39 is 0 Å². The van der Waals surface area contributed by atoms with Gasteiger partial charge in [0.2, 0.25) is 0 Å². The van der Waals surface area contributed by atoms with Gasteiger partial charge in [0.1, 0.15) is 23.0 Å². The van der Waals surface area contributed by atoms with Crippen molar-refractivity contribution >= 4 is 21.8 Å². The zero-order valence-electron chi connectivity index (χ0n) is 15.5. The molecule has 0 bridgehead atoms. The summed E-state index contributed by atoms with van der Waals surface area (Å²) < 4.78 is 18.5. The molecule has 1 heterocycles. The second-order valence-corrected chi connectivity index (χ2v) is 6.36. The molecule has 1 N–H and O–H groups in total. The van der Waals surface area contributed by atoms with Crippen molar-refractivity contribution in [1.29, 1.82) is 0 Å². The molecule has 0 radical (unpaired) electrons. The lowest BCUT2D eigenvalue weighted by molar-refractivity contribution is 0.398. The maximum absolute atomic E-state index is 10.0. The first-order valence-corrected chi connectivity index (χ1v) is 8.64. The van der Waals surface area contributed by atoms with E-state index in [1.807, 2.05) is 42.5 Å². The maximum atomic E-state index is 10.0. The van der Waals surface area contributed by atoms with Gasteiger partial charge in [0.15, 0.2) is 0 Å². The van der Waals surface area contributed by atoms with Gasteiger partial charge in [-0.15, -0.1) is 0 Å². The Morgan fingerprint density at radius 1 is 0.778 bits per heavy atom. The third-order valence-corrected chi connectivity index (χ3v) is 4.84. The van der Waals surface area contributed by atoms with Crippen molar-refractivity contribution in [3.8, 4) is 23.0 Å². The van der Waals surface area contributed by atoms with Gasteiger partial charge in [-0.05, 0) is 35.9 Å². The number of phenols is 1. The first kappa shape index (κ1) is 17.1. The SMILES string of the molecule is COc1ccc(Cn2c3ccc(O)cc3c3c(OC)cc(OC)cc32)cc1. The summed E-state index contributed by atoms with van der Waals surface area (Å²) in [5, 5.41) is 11.9. The zero-order chi connectivity index (χ0) is 19.0. The number of fused-ring (bicyclic) bond motifs is 3. The van der Waals surface area contributed by atoms with Crippen LogP contribution in [-0.2, 0) is 6.54 Å². The van der Waals surface area contributed by atoms with Crippen LogP contribution in [0.2, 0.25) is 0 Å². The normalized spacial score (nSPS) is 11.1. The molecule has 0 fully saturated rings.